The van der Waals surface area contributed by atoms with Crippen LogP contribution in [0, 0.1) is 0 Å². The smallest absolute Gasteiger partial charge is 0.227 e. The molecule has 0 saturated carbocycles. The second-order valence-corrected chi connectivity index (χ2v) is 10.2. The van der Waals surface area contributed by atoms with E-state index in [1.165, 1.54) is 34.9 Å². The first-order valence-corrected chi connectivity index (χ1v) is 11.9. The molecule has 0 unspecified atom stereocenters. The zero-order chi connectivity index (χ0) is 19.9. The summed E-state index contributed by atoms with van der Waals surface area (Å²) in [4.78, 5) is 9.60. The van der Waals surface area contributed by atoms with E-state index in [0.29, 0.717) is 26.6 Å². The summed E-state index contributed by atoms with van der Waals surface area (Å²) in [5, 5.41) is 8.97. The average Bonchev–Trinajstić information content (AvgIpc) is 3.14. The van der Waals surface area contributed by atoms with Gasteiger partial charge in [-0.05, 0) is 42.3 Å². The number of hydrogen-bond donors (Lipinski definition) is 2. The van der Waals surface area contributed by atoms with Crippen LogP contribution < -0.4 is 10.6 Å². The Bertz CT molecular complexity index is 1160. The lowest BCUT2D eigenvalue weighted by molar-refractivity contribution is 0.602. The summed E-state index contributed by atoms with van der Waals surface area (Å²) in [6.45, 7) is 1.73. The van der Waals surface area contributed by atoms with Crippen LogP contribution in [0.3, 0.4) is 0 Å². The summed E-state index contributed by atoms with van der Waals surface area (Å²) < 4.78 is 23.5. The molecule has 1 aliphatic heterocycles. The van der Waals surface area contributed by atoms with Gasteiger partial charge in [-0.25, -0.2) is 18.4 Å². The number of anilines is 2. The van der Waals surface area contributed by atoms with Crippen molar-refractivity contribution in [3.63, 3.8) is 0 Å². The molecule has 0 aliphatic carbocycles. The Morgan fingerprint density at radius 2 is 2.00 bits per heavy atom. The minimum Gasteiger partial charge on any atom is -0.323 e. The number of sulfone groups is 1. The van der Waals surface area contributed by atoms with Gasteiger partial charge in [-0.15, -0.1) is 11.3 Å². The predicted octanol–water partition coefficient (Wildman–Crippen LogP) is 4.30. The van der Waals surface area contributed by atoms with Crippen LogP contribution in [-0.4, -0.2) is 31.2 Å². The number of nitrogens with one attached hydrogen (secondary N) is 2. The van der Waals surface area contributed by atoms with Gasteiger partial charge in [0.1, 0.15) is 5.69 Å². The summed E-state index contributed by atoms with van der Waals surface area (Å²) in [7, 11) is -3.29. The highest BCUT2D eigenvalue weighted by molar-refractivity contribution is 7.90. The minimum atomic E-state index is -3.29. The van der Waals surface area contributed by atoms with Crippen molar-refractivity contribution in [1.82, 2.24) is 15.3 Å². The van der Waals surface area contributed by atoms with Gasteiger partial charge in [0.2, 0.25) is 5.95 Å². The molecule has 0 bridgehead atoms. The Morgan fingerprint density at radius 3 is 2.75 bits per heavy atom. The van der Waals surface area contributed by atoms with Crippen molar-refractivity contribution in [1.29, 1.82) is 0 Å². The maximum absolute atomic E-state index is 11.7. The summed E-state index contributed by atoms with van der Waals surface area (Å²) >= 11 is 13.9. The molecule has 0 amide bonds. The molecule has 6 nitrogen and oxygen atoms in total. The molecular formula is C18H16Cl2N4O2S2. The van der Waals surface area contributed by atoms with Gasteiger partial charge < -0.3 is 10.6 Å². The molecule has 3 heterocycles. The predicted molar refractivity (Wildman–Crippen MR) is 114 cm³/mol. The molecule has 0 atom stereocenters. The van der Waals surface area contributed by atoms with Crippen molar-refractivity contribution in [3.8, 4) is 10.6 Å². The number of halogens is 2. The van der Waals surface area contributed by atoms with E-state index < -0.39 is 9.84 Å². The van der Waals surface area contributed by atoms with Gasteiger partial charge in [-0.3, -0.25) is 0 Å². The third-order valence-electron chi connectivity index (χ3n) is 4.40. The lowest BCUT2D eigenvalue weighted by Crippen LogP contribution is -2.23. The van der Waals surface area contributed by atoms with Crippen molar-refractivity contribution in [2.24, 2.45) is 0 Å². The van der Waals surface area contributed by atoms with E-state index in [-0.39, 0.29) is 4.90 Å². The quantitative estimate of drug-likeness (QED) is 0.610. The van der Waals surface area contributed by atoms with Crippen molar-refractivity contribution in [2.75, 3.05) is 18.1 Å². The van der Waals surface area contributed by atoms with Crippen molar-refractivity contribution < 1.29 is 8.42 Å². The van der Waals surface area contributed by atoms with Crippen LogP contribution in [0.5, 0.6) is 0 Å². The highest BCUT2D eigenvalue weighted by Crippen LogP contribution is 2.34. The molecule has 10 heteroatoms. The topological polar surface area (TPSA) is 84.0 Å². The van der Waals surface area contributed by atoms with Crippen LogP contribution in [0.15, 0.2) is 34.7 Å². The Labute approximate surface area is 176 Å². The van der Waals surface area contributed by atoms with Gasteiger partial charge in [0.25, 0.3) is 0 Å². The molecular weight excluding hydrogens is 439 g/mol. The molecule has 2 aromatic heterocycles. The molecule has 0 saturated heterocycles. The van der Waals surface area contributed by atoms with Crippen molar-refractivity contribution in [3.05, 3.63) is 50.9 Å². The van der Waals surface area contributed by atoms with Gasteiger partial charge >= 0.3 is 0 Å². The lowest BCUT2D eigenvalue weighted by atomic mass is 10.0. The number of rotatable bonds is 4. The van der Waals surface area contributed by atoms with Crippen molar-refractivity contribution >= 4 is 56.0 Å². The Morgan fingerprint density at radius 1 is 1.18 bits per heavy atom. The molecule has 0 radical (unpaired) electrons. The van der Waals surface area contributed by atoms with Gasteiger partial charge in [-0.1, -0.05) is 23.2 Å². The average molecular weight is 455 g/mol. The zero-order valence-corrected chi connectivity index (χ0v) is 17.9. The number of benzene rings is 1. The number of nitrogens with zero attached hydrogens (tertiary/aromatic N) is 2. The summed E-state index contributed by atoms with van der Waals surface area (Å²) in [6.07, 6.45) is 3.58. The van der Waals surface area contributed by atoms with Crippen LogP contribution in [0.1, 0.15) is 11.1 Å². The monoisotopic (exact) mass is 454 g/mol. The van der Waals surface area contributed by atoms with E-state index in [4.69, 9.17) is 23.2 Å². The van der Waals surface area contributed by atoms with E-state index in [0.717, 1.165) is 25.2 Å². The number of hydrogen-bond acceptors (Lipinski definition) is 7. The molecule has 3 aromatic rings. The molecule has 4 rings (SSSR count). The van der Waals surface area contributed by atoms with Gasteiger partial charge in [0.15, 0.2) is 9.84 Å². The van der Waals surface area contributed by atoms with Gasteiger partial charge in [0, 0.05) is 18.2 Å². The molecule has 0 fully saturated rings. The summed E-state index contributed by atoms with van der Waals surface area (Å²) in [6, 6.07) is 5.53. The minimum absolute atomic E-state index is 0.239. The van der Waals surface area contributed by atoms with E-state index in [9.17, 15) is 8.42 Å². The lowest BCUT2D eigenvalue weighted by Gasteiger charge is -2.19. The van der Waals surface area contributed by atoms with Gasteiger partial charge in [-0.2, -0.15) is 0 Å². The van der Waals surface area contributed by atoms with Crippen LogP contribution in [0.25, 0.3) is 10.6 Å². The third-order valence-corrected chi connectivity index (χ3v) is 7.17. The first-order chi connectivity index (χ1) is 13.3. The number of aromatic nitrogens is 2. The van der Waals surface area contributed by atoms with E-state index in [2.05, 4.69) is 20.6 Å². The zero-order valence-electron chi connectivity index (χ0n) is 14.8. The van der Waals surface area contributed by atoms with Crippen LogP contribution in [0.4, 0.5) is 11.6 Å². The number of thiophene rings is 1. The van der Waals surface area contributed by atoms with Crippen molar-refractivity contribution in [2.45, 2.75) is 17.9 Å². The standard InChI is InChI=1S/C18H16Cl2N4O2S2/c1-28(25,26)12-6-16(27-9-12)17-14(20)8-22-18(24-17)23-15-5-10-2-3-21-7-11(10)4-13(15)19/h4-6,8-9,21H,2-3,7H2,1H3,(H,22,23,24). The molecule has 1 aromatic carbocycles. The van der Waals surface area contributed by atoms with Crippen LogP contribution in [-0.2, 0) is 22.8 Å². The summed E-state index contributed by atoms with van der Waals surface area (Å²) in [5.41, 5.74) is 3.61. The van der Waals surface area contributed by atoms with E-state index >= 15 is 0 Å². The second kappa shape index (κ2) is 7.61. The van der Waals surface area contributed by atoms with Gasteiger partial charge in [0.05, 0.1) is 31.7 Å². The molecule has 0 spiro atoms. The Kier molecular flexibility index (Phi) is 5.32. The highest BCUT2D eigenvalue weighted by atomic mass is 35.5. The largest absolute Gasteiger partial charge is 0.323 e. The molecule has 146 valence electrons. The fourth-order valence-corrected chi connectivity index (χ4v) is 5.46. The fourth-order valence-electron chi connectivity index (χ4n) is 2.96. The van der Waals surface area contributed by atoms with Crippen LogP contribution in [0.2, 0.25) is 10.0 Å². The maximum Gasteiger partial charge on any atom is 0.227 e. The van der Waals surface area contributed by atoms with E-state index in [1.54, 1.807) is 11.4 Å². The first kappa shape index (κ1) is 19.6. The molecule has 1 aliphatic rings. The van der Waals surface area contributed by atoms with Crippen LogP contribution >= 0.6 is 34.5 Å². The second-order valence-electron chi connectivity index (χ2n) is 6.46. The first-order valence-electron chi connectivity index (χ1n) is 8.42. The number of fused-ring (bicyclic) bond motifs is 1. The highest BCUT2D eigenvalue weighted by Gasteiger charge is 2.17. The fraction of sp³-hybridized carbons (Fsp3) is 0.222. The van der Waals surface area contributed by atoms with E-state index in [1.807, 2.05) is 12.1 Å². The molecule has 28 heavy (non-hydrogen) atoms. The maximum atomic E-state index is 11.7. The normalized spacial score (nSPS) is 14.0. The third kappa shape index (κ3) is 4.01. The molecule has 2 N–H and O–H groups in total. The summed E-state index contributed by atoms with van der Waals surface area (Å²) in [5.74, 6) is 0.337. The SMILES string of the molecule is CS(=O)(=O)c1csc(-c2nc(Nc3cc4c(cc3Cl)CNCC4)ncc2Cl)c1. The Hall–Kier alpha value is -1.71. The Balaban J connectivity index is 1.67.